The van der Waals surface area contributed by atoms with Gasteiger partial charge in [0, 0.05) is 28.4 Å². The van der Waals surface area contributed by atoms with Crippen LogP contribution in [0.3, 0.4) is 0 Å². The Labute approximate surface area is 350 Å². The summed E-state index contributed by atoms with van der Waals surface area (Å²) in [5, 5.41) is 4.58. The van der Waals surface area contributed by atoms with Gasteiger partial charge < -0.3 is 9.55 Å². The maximum absolute atomic E-state index is 5.52. The number of hydrogen-bond acceptors (Lipinski definition) is 2. The third-order valence-corrected chi connectivity index (χ3v) is 11.7. The second kappa shape index (κ2) is 13.8. The van der Waals surface area contributed by atoms with Gasteiger partial charge in [0.2, 0.25) is 0 Å². The van der Waals surface area contributed by atoms with Gasteiger partial charge in [-0.25, -0.2) is 9.97 Å². The Morgan fingerprint density at radius 2 is 1.33 bits per heavy atom. The quantitative estimate of drug-likeness (QED) is 0.156. The minimum atomic E-state index is -0.186. The summed E-state index contributed by atoms with van der Waals surface area (Å²) < 4.78 is 4.54. The molecule has 280 valence electrons. The van der Waals surface area contributed by atoms with Crippen LogP contribution in [0.1, 0.15) is 30.5 Å². The first kappa shape index (κ1) is 35.8. The molecule has 7 aromatic carbocycles. The number of aromatic nitrogens is 5. The van der Waals surface area contributed by atoms with Gasteiger partial charge in [-0.2, -0.15) is 0 Å². The predicted octanol–water partition coefficient (Wildman–Crippen LogP) is 12.5. The Morgan fingerprint density at radius 3 is 2.16 bits per heavy atom. The van der Waals surface area contributed by atoms with E-state index in [1.54, 1.807) is 0 Å². The summed E-state index contributed by atoms with van der Waals surface area (Å²) in [7, 11) is 0. The zero-order valence-corrected chi connectivity index (χ0v) is 34.5. The van der Waals surface area contributed by atoms with Gasteiger partial charge in [-0.15, -0.1) is 34.8 Å². The van der Waals surface area contributed by atoms with Crippen LogP contribution in [-0.2, 0) is 26.5 Å². The fraction of sp³-hybridized carbons (Fsp3) is 0.0769. The fourth-order valence-corrected chi connectivity index (χ4v) is 8.71. The molecule has 0 radical (unpaired) electrons. The first-order valence-corrected chi connectivity index (χ1v) is 19.5. The third kappa shape index (κ3) is 5.56. The van der Waals surface area contributed by atoms with Crippen LogP contribution in [-0.4, -0.2) is 19.1 Å². The van der Waals surface area contributed by atoms with Crippen molar-refractivity contribution >= 4 is 54.6 Å². The largest absolute Gasteiger partial charge is 2.00 e. The Bertz CT molecular complexity index is 3330. The van der Waals surface area contributed by atoms with Gasteiger partial charge in [-0.1, -0.05) is 140 Å². The Kier molecular flexibility index (Phi) is 8.54. The van der Waals surface area contributed by atoms with Crippen molar-refractivity contribution in [3.63, 3.8) is 0 Å². The van der Waals surface area contributed by atoms with Crippen LogP contribution in [0.4, 0.5) is 0 Å². The minimum absolute atomic E-state index is 0. The molecule has 4 heterocycles. The van der Waals surface area contributed by atoms with Crippen molar-refractivity contribution in [2.24, 2.45) is 0 Å². The molecule has 0 atom stereocenters. The van der Waals surface area contributed by atoms with E-state index < -0.39 is 0 Å². The molecule has 0 aliphatic rings. The van der Waals surface area contributed by atoms with Crippen LogP contribution < -0.4 is 4.98 Å². The van der Waals surface area contributed by atoms with E-state index in [-0.39, 0.29) is 26.5 Å². The number of hydrogen-bond donors (Lipinski definition) is 0. The molecule has 0 aliphatic carbocycles. The smallest absolute Gasteiger partial charge is 0.656 e. The van der Waals surface area contributed by atoms with Gasteiger partial charge in [0.05, 0.1) is 11.0 Å². The van der Waals surface area contributed by atoms with E-state index in [0.717, 1.165) is 88.8 Å². The van der Waals surface area contributed by atoms with E-state index in [4.69, 9.17) is 15.0 Å². The van der Waals surface area contributed by atoms with Crippen LogP contribution in [0.2, 0.25) is 0 Å². The van der Waals surface area contributed by atoms with E-state index in [0.29, 0.717) is 0 Å². The summed E-state index contributed by atoms with van der Waals surface area (Å²) in [6.45, 7) is 6.72. The molecule has 0 fully saturated rings. The van der Waals surface area contributed by atoms with Crippen molar-refractivity contribution in [2.75, 3.05) is 0 Å². The monoisotopic (exact) mass is 926 g/mol. The maximum atomic E-state index is 5.52. The molecule has 11 rings (SSSR count). The molecule has 0 spiro atoms. The number of imidazole rings is 1. The summed E-state index contributed by atoms with van der Waals surface area (Å²) in [6.07, 6.45) is 1.89. The van der Waals surface area contributed by atoms with Gasteiger partial charge in [-0.05, 0) is 81.7 Å². The fourth-order valence-electron chi connectivity index (χ4n) is 8.71. The molecule has 4 aromatic heterocycles. The van der Waals surface area contributed by atoms with E-state index in [9.17, 15) is 0 Å². The molecule has 0 bridgehead atoms. The van der Waals surface area contributed by atoms with Crippen LogP contribution in [0.25, 0.3) is 88.7 Å². The molecule has 0 N–H and O–H groups in total. The number of nitrogens with zero attached hydrogens (tertiary/aromatic N) is 5. The second-order valence-electron chi connectivity index (χ2n) is 15.5. The number of fused-ring (bicyclic) bond motifs is 7. The van der Waals surface area contributed by atoms with Crippen molar-refractivity contribution in [1.82, 2.24) is 24.1 Å². The zero-order valence-electron chi connectivity index (χ0n) is 32.2. The number of para-hydroxylation sites is 4. The molecular formula is C52H37N5Pt. The van der Waals surface area contributed by atoms with E-state index in [1.807, 2.05) is 18.3 Å². The molecule has 0 saturated carbocycles. The van der Waals surface area contributed by atoms with Crippen LogP contribution in [0.5, 0.6) is 0 Å². The van der Waals surface area contributed by atoms with Gasteiger partial charge >= 0.3 is 21.1 Å². The topological polar surface area (TPSA) is 49.7 Å². The van der Waals surface area contributed by atoms with Crippen LogP contribution in [0, 0.1) is 13.0 Å². The first-order chi connectivity index (χ1) is 27.9. The molecule has 58 heavy (non-hydrogen) atoms. The standard InChI is InChI=1S/C52H37N5.Pt/c1-33-28-29-53-48(30-33)57-45-27-25-36(52(2,3)35-14-6-4-7-15-35)32-43(45)40-26-24-34(31-47(40)57)38-19-13-23-46-50(38)55-51(56(46)37-16-8-5-9-17-37)42-21-12-20-41-39-18-10-11-22-44(39)54-49(41)42;/h4-30,32H,1-3H3;/q-2;+2. The molecule has 5 nitrogen and oxygen atoms in total. The maximum Gasteiger partial charge on any atom is 2.00 e. The minimum Gasteiger partial charge on any atom is -0.656 e. The Balaban J connectivity index is 0.00000408. The molecular weight excluding hydrogens is 890 g/mol. The molecule has 0 aliphatic heterocycles. The third-order valence-electron chi connectivity index (χ3n) is 11.7. The summed E-state index contributed by atoms with van der Waals surface area (Å²) >= 11 is 0. The molecule has 0 unspecified atom stereocenters. The summed E-state index contributed by atoms with van der Waals surface area (Å²) in [6, 6.07) is 61.9. The van der Waals surface area contributed by atoms with Gasteiger partial charge in [-0.3, -0.25) is 4.57 Å². The zero-order chi connectivity index (χ0) is 38.3. The molecule has 11 aromatic rings. The number of benzene rings is 7. The first-order valence-electron chi connectivity index (χ1n) is 19.5. The van der Waals surface area contributed by atoms with Gasteiger partial charge in [0.1, 0.15) is 11.6 Å². The summed E-state index contributed by atoms with van der Waals surface area (Å²) in [4.78, 5) is 15.6. The normalized spacial score (nSPS) is 11.9. The Hall–Kier alpha value is -6.55. The number of pyridine rings is 1. The van der Waals surface area contributed by atoms with Crippen molar-refractivity contribution in [1.29, 1.82) is 0 Å². The average Bonchev–Trinajstić information content (AvgIpc) is 3.93. The van der Waals surface area contributed by atoms with Crippen LogP contribution >= 0.6 is 0 Å². The van der Waals surface area contributed by atoms with Crippen molar-refractivity contribution < 1.29 is 21.1 Å². The van der Waals surface area contributed by atoms with Crippen molar-refractivity contribution in [3.8, 4) is 34.0 Å². The Morgan fingerprint density at radius 1 is 0.586 bits per heavy atom. The van der Waals surface area contributed by atoms with Crippen LogP contribution in [0.15, 0.2) is 170 Å². The van der Waals surface area contributed by atoms with Gasteiger partial charge in [0.15, 0.2) is 0 Å². The molecule has 6 heteroatoms. The SMILES string of the molecule is Cc1ccnc(-n2c3[c-]c(-c4cccc5c4nc(-c4cccc6c4[n-]c4ccccc46)n5-c4ccccc4)ccc3c3cc(C(C)(C)c4ccccc4)ccc32)c1.[Pt+2]. The summed E-state index contributed by atoms with van der Waals surface area (Å²) in [5.74, 6) is 1.72. The van der Waals surface area contributed by atoms with E-state index in [1.165, 1.54) is 16.5 Å². The summed E-state index contributed by atoms with van der Waals surface area (Å²) in [5.41, 5.74) is 13.5. The van der Waals surface area contributed by atoms with Crippen molar-refractivity contribution in [2.45, 2.75) is 26.2 Å². The average molecular weight is 927 g/mol. The second-order valence-corrected chi connectivity index (χ2v) is 15.5. The molecule has 0 amide bonds. The van der Waals surface area contributed by atoms with Crippen molar-refractivity contribution in [3.05, 3.63) is 193 Å². The van der Waals surface area contributed by atoms with Gasteiger partial charge in [0.25, 0.3) is 0 Å². The number of rotatable bonds is 6. The molecule has 0 saturated heterocycles. The number of aryl methyl sites for hydroxylation is 1. The predicted molar refractivity (Wildman–Crippen MR) is 235 cm³/mol. The van der Waals surface area contributed by atoms with E-state index in [2.05, 4.69) is 188 Å². The van der Waals surface area contributed by atoms with E-state index >= 15 is 0 Å².